The summed E-state index contributed by atoms with van der Waals surface area (Å²) in [7, 11) is 0. The van der Waals surface area contributed by atoms with Crippen molar-refractivity contribution >= 4 is 48.6 Å². The Morgan fingerprint density at radius 3 is 1.47 bits per heavy atom. The summed E-state index contributed by atoms with van der Waals surface area (Å²) in [6.45, 7) is 4.79. The minimum Gasteiger partial charge on any atom is -0.310 e. The largest absolute Gasteiger partial charge is 0.310 e. The molecule has 2 heteroatoms. The van der Waals surface area contributed by atoms with Crippen molar-refractivity contribution in [2.75, 3.05) is 4.90 Å². The fourth-order valence-corrected chi connectivity index (χ4v) is 13.6. The molecule has 340 valence electrons. The molecule has 0 unspecified atom stereocenters. The number of hydrogen-bond donors (Lipinski definition) is 0. The fourth-order valence-electron chi connectivity index (χ4n) is 12.5. The lowest BCUT2D eigenvalue weighted by molar-refractivity contribution is 0.660. The van der Waals surface area contributed by atoms with Crippen LogP contribution in [0.5, 0.6) is 0 Å². The number of anilines is 3. The van der Waals surface area contributed by atoms with Crippen LogP contribution in [0.2, 0.25) is 0 Å². The van der Waals surface area contributed by atoms with Crippen molar-refractivity contribution < 1.29 is 0 Å². The Bertz CT molecular complexity index is 3990. The third-order valence-electron chi connectivity index (χ3n) is 15.8. The van der Waals surface area contributed by atoms with Crippen molar-refractivity contribution in [1.82, 2.24) is 0 Å². The van der Waals surface area contributed by atoms with Gasteiger partial charge in [-0.25, -0.2) is 0 Å². The normalized spacial score (nSPS) is 13.6. The maximum atomic E-state index is 2.49. The van der Waals surface area contributed by atoms with Crippen molar-refractivity contribution in [1.29, 1.82) is 0 Å². The van der Waals surface area contributed by atoms with E-state index in [4.69, 9.17) is 0 Å². The molecule has 0 saturated carbocycles. The topological polar surface area (TPSA) is 3.24 Å². The minimum atomic E-state index is -0.534. The second-order valence-electron chi connectivity index (χ2n) is 19.9. The Hall–Kier alpha value is -8.56. The van der Waals surface area contributed by atoms with Crippen LogP contribution in [-0.2, 0) is 10.8 Å². The Balaban J connectivity index is 0.971. The quantitative estimate of drug-likeness (QED) is 0.147. The van der Waals surface area contributed by atoms with Crippen LogP contribution in [0, 0.1) is 0 Å². The van der Waals surface area contributed by atoms with E-state index < -0.39 is 5.41 Å². The molecule has 1 nitrogen and oxygen atoms in total. The van der Waals surface area contributed by atoms with Crippen LogP contribution in [0.4, 0.5) is 17.1 Å². The van der Waals surface area contributed by atoms with Gasteiger partial charge >= 0.3 is 0 Å². The van der Waals surface area contributed by atoms with Gasteiger partial charge in [0.15, 0.2) is 0 Å². The Morgan fingerprint density at radius 1 is 0.319 bits per heavy atom. The molecule has 0 fully saturated rings. The summed E-state index contributed by atoms with van der Waals surface area (Å²) in [5, 5.41) is 2.57. The van der Waals surface area contributed by atoms with Crippen LogP contribution in [-0.4, -0.2) is 0 Å². The zero-order valence-corrected chi connectivity index (χ0v) is 41.0. The van der Waals surface area contributed by atoms with E-state index >= 15 is 0 Å². The zero-order valence-electron chi connectivity index (χ0n) is 40.2. The average molecular weight is 936 g/mol. The highest BCUT2D eigenvalue weighted by atomic mass is 32.1. The second-order valence-corrected chi connectivity index (χ2v) is 21.0. The molecule has 72 heavy (non-hydrogen) atoms. The van der Waals surface area contributed by atoms with Crippen molar-refractivity contribution in [2.45, 2.75) is 24.7 Å². The Labute approximate surface area is 425 Å². The lowest BCUT2D eigenvalue weighted by atomic mass is 9.67. The Morgan fingerprint density at radius 2 is 0.806 bits per heavy atom. The van der Waals surface area contributed by atoms with Gasteiger partial charge in [-0.05, 0) is 138 Å². The lowest BCUT2D eigenvalue weighted by Gasteiger charge is -2.34. The van der Waals surface area contributed by atoms with Gasteiger partial charge in [-0.15, -0.1) is 11.3 Å². The van der Waals surface area contributed by atoms with E-state index in [2.05, 4.69) is 280 Å². The summed E-state index contributed by atoms with van der Waals surface area (Å²) in [6, 6.07) is 97.3. The number of rotatable bonds is 8. The second kappa shape index (κ2) is 16.5. The van der Waals surface area contributed by atoms with Crippen LogP contribution in [0.3, 0.4) is 0 Å². The van der Waals surface area contributed by atoms with Crippen LogP contribution in [0.25, 0.3) is 75.8 Å². The SMILES string of the molecule is CC1(C)c2cc(N(c3ccc(C4(c5ccc(-c6ccccc6)cc5)c5ccccc5-c5ccccc54)cc3)c3ccc4sc5cccc(-c6ccccc6)c5c4c3)ccc2-c2c(-c3ccccc3)cccc21. The van der Waals surface area contributed by atoms with Crippen molar-refractivity contribution in [2.24, 2.45) is 0 Å². The highest BCUT2D eigenvalue weighted by molar-refractivity contribution is 7.26. The van der Waals surface area contributed by atoms with Gasteiger partial charge in [0.05, 0.1) is 5.41 Å². The average Bonchev–Trinajstić information content (AvgIpc) is 4.05. The summed E-state index contributed by atoms with van der Waals surface area (Å²) < 4.78 is 2.58. The lowest BCUT2D eigenvalue weighted by Crippen LogP contribution is -2.28. The molecule has 0 N–H and O–H groups in total. The molecule has 0 saturated heterocycles. The molecule has 11 aromatic carbocycles. The predicted octanol–water partition coefficient (Wildman–Crippen LogP) is 19.2. The summed E-state index contributed by atoms with van der Waals surface area (Å²) >= 11 is 1.87. The van der Waals surface area contributed by atoms with Gasteiger partial charge in [-0.1, -0.05) is 226 Å². The van der Waals surface area contributed by atoms with Gasteiger partial charge in [0.25, 0.3) is 0 Å². The molecule has 1 heterocycles. The molecule has 0 radical (unpaired) electrons. The molecule has 0 bridgehead atoms. The first-order valence-corrected chi connectivity index (χ1v) is 25.9. The van der Waals surface area contributed by atoms with Crippen LogP contribution in [0.15, 0.2) is 261 Å². The third kappa shape index (κ3) is 6.39. The van der Waals surface area contributed by atoms with Gasteiger partial charge in [-0.2, -0.15) is 0 Å². The van der Waals surface area contributed by atoms with Crippen molar-refractivity contribution in [3.05, 3.63) is 294 Å². The molecule has 1 aromatic heterocycles. The van der Waals surface area contributed by atoms with E-state index in [-0.39, 0.29) is 5.41 Å². The summed E-state index contributed by atoms with van der Waals surface area (Å²) in [5.41, 5.74) is 23.1. The summed E-state index contributed by atoms with van der Waals surface area (Å²) in [4.78, 5) is 2.49. The molecule has 2 aliphatic carbocycles. The maximum absolute atomic E-state index is 2.49. The van der Waals surface area contributed by atoms with Gasteiger partial charge in [0, 0.05) is 42.6 Å². The molecule has 0 aliphatic heterocycles. The van der Waals surface area contributed by atoms with E-state index in [0.29, 0.717) is 0 Å². The van der Waals surface area contributed by atoms with E-state index in [9.17, 15) is 0 Å². The number of benzene rings is 11. The molecular weight excluding hydrogens is 887 g/mol. The van der Waals surface area contributed by atoms with E-state index in [1.807, 2.05) is 11.3 Å². The summed E-state index contributed by atoms with van der Waals surface area (Å²) in [6.07, 6.45) is 0. The third-order valence-corrected chi connectivity index (χ3v) is 16.9. The fraction of sp³-hybridized carbons (Fsp3) is 0.0571. The van der Waals surface area contributed by atoms with E-state index in [1.165, 1.54) is 109 Å². The first kappa shape index (κ1) is 42.3. The monoisotopic (exact) mass is 935 g/mol. The smallest absolute Gasteiger partial charge is 0.0713 e. The van der Waals surface area contributed by atoms with Gasteiger partial charge in [0.1, 0.15) is 0 Å². The zero-order chi connectivity index (χ0) is 48.0. The standard InChI is InChI=1S/C70H49NS/c1-69(2)63-30-16-26-55(48-20-8-4-9-21-48)67(63)59-42-40-54(45-64(59)69)71(53-41-43-65-60(44-53)68-56(27-17-31-66(68)72-65)49-22-10-5-11-23-49)52-38-36-51(37-39-52)70(50-34-32-47(33-35-50)46-18-6-3-7-19-46)61-28-14-12-24-57(61)58-25-13-15-29-62(58)70/h3-45H,1-2H3. The molecule has 14 rings (SSSR count). The van der Waals surface area contributed by atoms with Crippen molar-refractivity contribution in [3.8, 4) is 55.6 Å². The van der Waals surface area contributed by atoms with Crippen molar-refractivity contribution in [3.63, 3.8) is 0 Å². The van der Waals surface area contributed by atoms with Gasteiger partial charge in [-0.3, -0.25) is 0 Å². The van der Waals surface area contributed by atoms with Crippen LogP contribution in [0.1, 0.15) is 47.2 Å². The molecular formula is C70H49NS. The molecule has 0 amide bonds. The number of nitrogens with zero attached hydrogens (tertiary/aromatic N) is 1. The van der Waals surface area contributed by atoms with E-state index in [0.717, 1.165) is 17.1 Å². The van der Waals surface area contributed by atoms with Crippen LogP contribution >= 0.6 is 11.3 Å². The first-order chi connectivity index (χ1) is 35.5. The molecule has 0 spiro atoms. The molecule has 0 atom stereocenters. The van der Waals surface area contributed by atoms with Gasteiger partial charge in [0.2, 0.25) is 0 Å². The Kier molecular flexibility index (Phi) is 9.71. The highest BCUT2D eigenvalue weighted by Gasteiger charge is 2.46. The van der Waals surface area contributed by atoms with Crippen LogP contribution < -0.4 is 4.90 Å². The predicted molar refractivity (Wildman–Crippen MR) is 305 cm³/mol. The van der Waals surface area contributed by atoms with Gasteiger partial charge < -0.3 is 4.90 Å². The highest BCUT2D eigenvalue weighted by Crippen LogP contribution is 2.58. The number of hydrogen-bond acceptors (Lipinski definition) is 2. The number of fused-ring (bicyclic) bond motifs is 9. The maximum Gasteiger partial charge on any atom is 0.0713 e. The molecule has 2 aliphatic rings. The summed E-state index contributed by atoms with van der Waals surface area (Å²) in [5.74, 6) is 0. The minimum absolute atomic E-state index is 0.217. The molecule has 12 aromatic rings. The van der Waals surface area contributed by atoms with E-state index in [1.54, 1.807) is 0 Å². The first-order valence-electron chi connectivity index (χ1n) is 25.1. The number of thiophene rings is 1.